The largest absolute Gasteiger partial charge is 0.465 e. The van der Waals surface area contributed by atoms with Gasteiger partial charge in [0.05, 0.1) is 18.4 Å². The fraction of sp³-hybridized carbons (Fsp3) is 0.312. The zero-order chi connectivity index (χ0) is 16.5. The maximum atomic E-state index is 11.9. The molecule has 0 aliphatic rings. The molecule has 0 heterocycles. The van der Waals surface area contributed by atoms with Crippen LogP contribution in [0.15, 0.2) is 36.0 Å². The molecule has 1 atom stereocenters. The van der Waals surface area contributed by atoms with Crippen LogP contribution in [0, 0.1) is 11.3 Å². The molecule has 1 rings (SSSR count). The number of esters is 1. The third-order valence-electron chi connectivity index (χ3n) is 3.06. The van der Waals surface area contributed by atoms with Crippen molar-refractivity contribution in [3.8, 4) is 6.07 Å². The molecule has 0 fully saturated rings. The van der Waals surface area contributed by atoms with E-state index < -0.39 is 11.9 Å². The van der Waals surface area contributed by atoms with Gasteiger partial charge in [0.15, 0.2) is 0 Å². The first kappa shape index (κ1) is 17.2. The summed E-state index contributed by atoms with van der Waals surface area (Å²) in [5.74, 6) is -0.959. The van der Waals surface area contributed by atoms with Crippen LogP contribution >= 0.6 is 0 Å². The molecule has 1 aromatic rings. The lowest BCUT2D eigenvalue weighted by atomic mass is 10.1. The normalized spacial score (nSPS) is 12.0. The molecule has 1 unspecified atom stereocenters. The second kappa shape index (κ2) is 8.47. The van der Waals surface area contributed by atoms with Crippen molar-refractivity contribution in [3.05, 3.63) is 41.6 Å². The van der Waals surface area contributed by atoms with Crippen molar-refractivity contribution in [2.24, 2.45) is 0 Å². The molecule has 6 nitrogen and oxygen atoms in total. The average molecular weight is 301 g/mol. The van der Waals surface area contributed by atoms with E-state index in [1.807, 2.05) is 19.9 Å². The fourth-order valence-electron chi connectivity index (χ4n) is 1.60. The summed E-state index contributed by atoms with van der Waals surface area (Å²) in [6.07, 6.45) is 2.04. The highest BCUT2D eigenvalue weighted by Gasteiger charge is 2.13. The molecular weight excluding hydrogens is 282 g/mol. The number of methoxy groups -OCH3 is 1. The van der Waals surface area contributed by atoms with E-state index in [2.05, 4.69) is 15.4 Å². The van der Waals surface area contributed by atoms with E-state index in [-0.39, 0.29) is 11.6 Å². The van der Waals surface area contributed by atoms with Crippen molar-refractivity contribution < 1.29 is 14.3 Å². The standard InChI is InChI=1S/C16H19N3O3/c1-4-11(2)19-15(20)12(9-17)10-18-14-8-6-5-7-13(14)16(21)22-3/h5-8,10-11,18H,4H2,1-3H3,(H,19,20)/b12-10-. The Kier molecular flexibility index (Phi) is 6.64. The lowest BCUT2D eigenvalue weighted by Crippen LogP contribution is -2.33. The Labute approximate surface area is 129 Å². The van der Waals surface area contributed by atoms with Crippen LogP contribution in [-0.4, -0.2) is 25.0 Å². The first-order valence-corrected chi connectivity index (χ1v) is 6.88. The third kappa shape index (κ3) is 4.63. The first-order chi connectivity index (χ1) is 10.5. The average Bonchev–Trinajstić information content (AvgIpc) is 2.54. The Hall–Kier alpha value is -2.81. The molecule has 2 N–H and O–H groups in total. The van der Waals surface area contributed by atoms with E-state index in [0.29, 0.717) is 11.3 Å². The summed E-state index contributed by atoms with van der Waals surface area (Å²) in [7, 11) is 1.29. The van der Waals surface area contributed by atoms with E-state index in [0.717, 1.165) is 6.42 Å². The Morgan fingerprint density at radius 3 is 2.68 bits per heavy atom. The number of anilines is 1. The summed E-state index contributed by atoms with van der Waals surface area (Å²) in [6, 6.07) is 8.49. The third-order valence-corrected chi connectivity index (χ3v) is 3.06. The summed E-state index contributed by atoms with van der Waals surface area (Å²) in [4.78, 5) is 23.5. The fourth-order valence-corrected chi connectivity index (χ4v) is 1.60. The molecular formula is C16H19N3O3. The number of hydrogen-bond acceptors (Lipinski definition) is 5. The van der Waals surface area contributed by atoms with Crippen LogP contribution in [0.25, 0.3) is 0 Å². The molecule has 1 aromatic carbocycles. The lowest BCUT2D eigenvalue weighted by Gasteiger charge is -2.11. The van der Waals surface area contributed by atoms with Crippen LogP contribution in [0.5, 0.6) is 0 Å². The summed E-state index contributed by atoms with van der Waals surface area (Å²) in [6.45, 7) is 3.79. The van der Waals surface area contributed by atoms with Crippen molar-refractivity contribution in [1.29, 1.82) is 5.26 Å². The number of carbonyl (C=O) groups excluding carboxylic acids is 2. The molecule has 0 spiro atoms. The smallest absolute Gasteiger partial charge is 0.339 e. The minimum absolute atomic E-state index is 0.0217. The SMILES string of the molecule is CCC(C)NC(=O)/C(C#N)=C\Nc1ccccc1C(=O)OC. The number of nitriles is 1. The molecule has 6 heteroatoms. The number of para-hydroxylation sites is 1. The molecule has 1 amide bonds. The number of hydrogen-bond donors (Lipinski definition) is 2. The second-order valence-corrected chi connectivity index (χ2v) is 4.63. The van der Waals surface area contributed by atoms with Crippen molar-refractivity contribution in [1.82, 2.24) is 5.32 Å². The highest BCUT2D eigenvalue weighted by molar-refractivity contribution is 5.99. The molecule has 0 bridgehead atoms. The van der Waals surface area contributed by atoms with Gasteiger partial charge in [0.25, 0.3) is 5.91 Å². The monoisotopic (exact) mass is 301 g/mol. The van der Waals surface area contributed by atoms with Crippen LogP contribution in [-0.2, 0) is 9.53 Å². The van der Waals surface area contributed by atoms with Gasteiger partial charge >= 0.3 is 5.97 Å². The second-order valence-electron chi connectivity index (χ2n) is 4.63. The maximum Gasteiger partial charge on any atom is 0.339 e. The first-order valence-electron chi connectivity index (χ1n) is 6.88. The van der Waals surface area contributed by atoms with Crippen molar-refractivity contribution in [2.75, 3.05) is 12.4 Å². The number of benzene rings is 1. The van der Waals surface area contributed by atoms with Gasteiger partial charge in [-0.2, -0.15) is 5.26 Å². The molecule has 116 valence electrons. The zero-order valence-electron chi connectivity index (χ0n) is 12.8. The Morgan fingerprint density at radius 2 is 2.09 bits per heavy atom. The highest BCUT2D eigenvalue weighted by Crippen LogP contribution is 2.16. The van der Waals surface area contributed by atoms with E-state index in [1.165, 1.54) is 13.3 Å². The van der Waals surface area contributed by atoms with Crippen LogP contribution < -0.4 is 10.6 Å². The molecule has 0 radical (unpaired) electrons. The van der Waals surface area contributed by atoms with Gasteiger partial charge in [0.2, 0.25) is 0 Å². The van der Waals surface area contributed by atoms with E-state index in [1.54, 1.807) is 24.3 Å². The zero-order valence-corrected chi connectivity index (χ0v) is 12.8. The minimum atomic E-state index is -0.501. The van der Waals surface area contributed by atoms with Crippen LogP contribution in [0.1, 0.15) is 30.6 Å². The number of ether oxygens (including phenoxy) is 1. The number of rotatable bonds is 6. The van der Waals surface area contributed by atoms with Crippen molar-refractivity contribution in [3.63, 3.8) is 0 Å². The van der Waals surface area contributed by atoms with Gasteiger partial charge < -0.3 is 15.4 Å². The Morgan fingerprint density at radius 1 is 1.41 bits per heavy atom. The van der Waals surface area contributed by atoms with Gasteiger partial charge in [0.1, 0.15) is 11.6 Å². The minimum Gasteiger partial charge on any atom is -0.465 e. The predicted octanol–water partition coefficient (Wildman–Crippen LogP) is 2.21. The summed E-state index contributed by atoms with van der Waals surface area (Å²) >= 11 is 0. The Bertz CT molecular complexity index is 617. The quantitative estimate of drug-likeness (QED) is 0.477. The van der Waals surface area contributed by atoms with E-state index >= 15 is 0 Å². The van der Waals surface area contributed by atoms with Gasteiger partial charge in [-0.05, 0) is 25.5 Å². The van der Waals surface area contributed by atoms with Crippen LogP contribution in [0.3, 0.4) is 0 Å². The van der Waals surface area contributed by atoms with Crippen molar-refractivity contribution in [2.45, 2.75) is 26.3 Å². The van der Waals surface area contributed by atoms with Crippen LogP contribution in [0.2, 0.25) is 0 Å². The highest BCUT2D eigenvalue weighted by atomic mass is 16.5. The topological polar surface area (TPSA) is 91.2 Å². The number of carbonyl (C=O) groups is 2. The number of nitrogens with zero attached hydrogens (tertiary/aromatic N) is 1. The van der Waals surface area contributed by atoms with Crippen molar-refractivity contribution >= 4 is 17.6 Å². The molecule has 0 aliphatic carbocycles. The Balaban J connectivity index is 2.92. The molecule has 0 aliphatic heterocycles. The number of amides is 1. The van der Waals surface area contributed by atoms with Gasteiger partial charge in [-0.3, -0.25) is 4.79 Å². The summed E-state index contributed by atoms with van der Waals surface area (Å²) < 4.78 is 4.68. The maximum absolute atomic E-state index is 11.9. The van der Waals surface area contributed by atoms with Gasteiger partial charge in [0, 0.05) is 12.2 Å². The molecule has 22 heavy (non-hydrogen) atoms. The van der Waals surface area contributed by atoms with Gasteiger partial charge in [-0.15, -0.1) is 0 Å². The molecule has 0 saturated heterocycles. The number of nitrogens with one attached hydrogen (secondary N) is 2. The molecule has 0 aromatic heterocycles. The summed E-state index contributed by atoms with van der Waals surface area (Å²) in [5.41, 5.74) is 0.708. The van der Waals surface area contributed by atoms with Gasteiger partial charge in [-0.25, -0.2) is 4.79 Å². The molecule has 0 saturated carbocycles. The van der Waals surface area contributed by atoms with Gasteiger partial charge in [-0.1, -0.05) is 19.1 Å². The predicted molar refractivity (Wildman–Crippen MR) is 83.0 cm³/mol. The lowest BCUT2D eigenvalue weighted by molar-refractivity contribution is -0.117. The van der Waals surface area contributed by atoms with Crippen LogP contribution in [0.4, 0.5) is 5.69 Å². The van der Waals surface area contributed by atoms with E-state index in [4.69, 9.17) is 5.26 Å². The van der Waals surface area contributed by atoms with E-state index in [9.17, 15) is 9.59 Å². The summed E-state index contributed by atoms with van der Waals surface area (Å²) in [5, 5.41) is 14.6.